The minimum Gasteiger partial charge on any atom is -0.497 e. The van der Waals surface area contributed by atoms with Crippen LogP contribution >= 0.6 is 0 Å². The Morgan fingerprint density at radius 3 is 2.30 bits per heavy atom. The molecule has 1 saturated heterocycles. The molecule has 6 heteroatoms. The zero-order valence-electron chi connectivity index (χ0n) is 18.7. The molecule has 1 aliphatic rings. The largest absolute Gasteiger partial charge is 0.497 e. The van der Waals surface area contributed by atoms with Crippen molar-refractivity contribution >= 4 is 23.4 Å². The Labute approximate surface area is 193 Å². The van der Waals surface area contributed by atoms with Gasteiger partial charge in [0.2, 0.25) is 5.91 Å². The van der Waals surface area contributed by atoms with Crippen molar-refractivity contribution in [1.82, 2.24) is 4.90 Å². The summed E-state index contributed by atoms with van der Waals surface area (Å²) >= 11 is 0. The Balaban J connectivity index is 1.64. The van der Waals surface area contributed by atoms with Crippen molar-refractivity contribution < 1.29 is 19.1 Å². The van der Waals surface area contributed by atoms with E-state index in [-0.39, 0.29) is 24.1 Å². The van der Waals surface area contributed by atoms with Gasteiger partial charge in [0.15, 0.2) is 0 Å². The highest BCUT2D eigenvalue weighted by molar-refractivity contribution is 6.23. The van der Waals surface area contributed by atoms with E-state index in [1.807, 2.05) is 49.4 Å². The van der Waals surface area contributed by atoms with Gasteiger partial charge in [-0.3, -0.25) is 14.4 Å². The summed E-state index contributed by atoms with van der Waals surface area (Å²) in [5.41, 5.74) is 2.90. The number of nitrogens with zero attached hydrogens (tertiary/aromatic N) is 2. The molecule has 0 saturated carbocycles. The number of aryl methyl sites for hydroxylation is 1. The summed E-state index contributed by atoms with van der Waals surface area (Å²) in [7, 11) is 1.55. The topological polar surface area (TPSA) is 66.9 Å². The molecule has 0 aromatic heterocycles. The molecule has 168 valence electrons. The maximum atomic E-state index is 13.6. The van der Waals surface area contributed by atoms with E-state index >= 15 is 0 Å². The highest BCUT2D eigenvalue weighted by atomic mass is 16.5. The molecule has 1 heterocycles. The van der Waals surface area contributed by atoms with E-state index < -0.39 is 6.04 Å². The van der Waals surface area contributed by atoms with E-state index in [2.05, 4.69) is 0 Å². The van der Waals surface area contributed by atoms with E-state index in [0.29, 0.717) is 30.0 Å². The smallest absolute Gasteiger partial charge is 0.257 e. The van der Waals surface area contributed by atoms with Crippen LogP contribution in [0.5, 0.6) is 5.75 Å². The molecule has 1 unspecified atom stereocenters. The van der Waals surface area contributed by atoms with Crippen molar-refractivity contribution in [3.63, 3.8) is 0 Å². The van der Waals surface area contributed by atoms with Crippen LogP contribution in [0.1, 0.15) is 27.9 Å². The Hall–Kier alpha value is -3.93. The Kier molecular flexibility index (Phi) is 6.54. The first-order chi connectivity index (χ1) is 16.0. The molecule has 6 nitrogen and oxygen atoms in total. The zero-order valence-corrected chi connectivity index (χ0v) is 18.7. The van der Waals surface area contributed by atoms with Gasteiger partial charge in [-0.05, 0) is 54.8 Å². The highest BCUT2D eigenvalue weighted by Gasteiger charge is 2.44. The van der Waals surface area contributed by atoms with E-state index in [0.717, 1.165) is 11.1 Å². The molecule has 0 N–H and O–H groups in total. The molecule has 3 amide bonds. The van der Waals surface area contributed by atoms with Gasteiger partial charge in [-0.1, -0.05) is 48.5 Å². The van der Waals surface area contributed by atoms with Crippen LogP contribution < -0.4 is 9.64 Å². The van der Waals surface area contributed by atoms with E-state index in [4.69, 9.17) is 4.74 Å². The minimum atomic E-state index is -0.851. The van der Waals surface area contributed by atoms with Crippen molar-refractivity contribution in [2.24, 2.45) is 0 Å². The van der Waals surface area contributed by atoms with Gasteiger partial charge < -0.3 is 9.64 Å². The van der Waals surface area contributed by atoms with Crippen LogP contribution in [0.3, 0.4) is 0 Å². The van der Waals surface area contributed by atoms with Gasteiger partial charge in [0, 0.05) is 12.1 Å². The van der Waals surface area contributed by atoms with Crippen molar-refractivity contribution in [3.05, 3.63) is 95.6 Å². The highest BCUT2D eigenvalue weighted by Crippen LogP contribution is 2.28. The molecule has 4 rings (SSSR count). The molecule has 33 heavy (non-hydrogen) atoms. The lowest BCUT2D eigenvalue weighted by Crippen LogP contribution is -2.46. The molecule has 0 radical (unpaired) electrons. The molecular weight excluding hydrogens is 416 g/mol. The Morgan fingerprint density at radius 1 is 0.970 bits per heavy atom. The van der Waals surface area contributed by atoms with Gasteiger partial charge in [-0.25, -0.2) is 4.90 Å². The third kappa shape index (κ3) is 4.65. The van der Waals surface area contributed by atoms with Crippen molar-refractivity contribution in [2.75, 3.05) is 18.6 Å². The number of hydrogen-bond acceptors (Lipinski definition) is 4. The van der Waals surface area contributed by atoms with Gasteiger partial charge >= 0.3 is 0 Å². The molecular formula is C27H26N2O4. The van der Waals surface area contributed by atoms with Gasteiger partial charge in [0.1, 0.15) is 11.8 Å². The molecule has 1 aliphatic heterocycles. The number of carbonyl (C=O) groups excluding carboxylic acids is 3. The molecule has 0 aliphatic carbocycles. The van der Waals surface area contributed by atoms with Gasteiger partial charge in [0.25, 0.3) is 11.8 Å². The van der Waals surface area contributed by atoms with E-state index in [1.165, 1.54) is 4.90 Å². The fourth-order valence-corrected chi connectivity index (χ4v) is 4.12. The number of amides is 3. The van der Waals surface area contributed by atoms with Gasteiger partial charge in [-0.15, -0.1) is 0 Å². The predicted molar refractivity (Wildman–Crippen MR) is 126 cm³/mol. The van der Waals surface area contributed by atoms with Crippen molar-refractivity contribution in [2.45, 2.75) is 25.8 Å². The molecule has 0 bridgehead atoms. The van der Waals surface area contributed by atoms with E-state index in [9.17, 15) is 14.4 Å². The fourth-order valence-electron chi connectivity index (χ4n) is 4.12. The Bertz CT molecular complexity index is 1160. The average Bonchev–Trinajstić information content (AvgIpc) is 3.13. The maximum absolute atomic E-state index is 13.6. The van der Waals surface area contributed by atoms with Crippen LogP contribution in [-0.2, 0) is 16.0 Å². The second-order valence-corrected chi connectivity index (χ2v) is 8.03. The summed E-state index contributed by atoms with van der Waals surface area (Å²) in [4.78, 5) is 42.6. The maximum Gasteiger partial charge on any atom is 0.257 e. The number of ether oxygens (including phenoxy) is 1. The number of anilines is 1. The number of carbonyl (C=O) groups is 3. The zero-order chi connectivity index (χ0) is 23.4. The minimum absolute atomic E-state index is 0.0444. The number of benzene rings is 3. The number of rotatable bonds is 7. The normalized spacial score (nSPS) is 15.6. The first kappa shape index (κ1) is 22.3. The fraction of sp³-hybridized carbons (Fsp3) is 0.222. The van der Waals surface area contributed by atoms with Crippen LogP contribution in [0, 0.1) is 6.92 Å². The van der Waals surface area contributed by atoms with E-state index in [1.54, 1.807) is 48.4 Å². The third-order valence-corrected chi connectivity index (χ3v) is 5.95. The first-order valence-electron chi connectivity index (χ1n) is 10.9. The number of imide groups is 1. The summed E-state index contributed by atoms with van der Waals surface area (Å²) in [5, 5.41) is 0. The molecule has 3 aromatic rings. The summed E-state index contributed by atoms with van der Waals surface area (Å²) in [5.74, 6) is -0.321. The summed E-state index contributed by atoms with van der Waals surface area (Å²) in [6.45, 7) is 2.20. The van der Waals surface area contributed by atoms with Crippen LogP contribution in [0.2, 0.25) is 0 Å². The standard InChI is InChI=1S/C27H26N2O4/c1-19-8-6-7-11-23(19)26(31)28(17-16-20-9-4-3-5-10-20)24-18-25(30)29(27(24)32)21-12-14-22(33-2)15-13-21/h3-15,24H,16-18H2,1-2H3. The second-order valence-electron chi connectivity index (χ2n) is 8.03. The molecule has 3 aromatic carbocycles. The number of hydrogen-bond donors (Lipinski definition) is 0. The molecule has 1 fully saturated rings. The first-order valence-corrected chi connectivity index (χ1v) is 10.9. The molecule has 0 spiro atoms. The number of methoxy groups -OCH3 is 1. The summed E-state index contributed by atoms with van der Waals surface area (Å²) < 4.78 is 5.17. The SMILES string of the molecule is COc1ccc(N2C(=O)CC(N(CCc3ccccc3)C(=O)c3ccccc3C)C2=O)cc1. The second kappa shape index (κ2) is 9.69. The lowest BCUT2D eigenvalue weighted by molar-refractivity contribution is -0.122. The monoisotopic (exact) mass is 442 g/mol. The van der Waals surface area contributed by atoms with Crippen LogP contribution in [0.25, 0.3) is 0 Å². The van der Waals surface area contributed by atoms with Crippen LogP contribution in [0.4, 0.5) is 5.69 Å². The summed E-state index contributed by atoms with van der Waals surface area (Å²) in [6.07, 6.45) is 0.538. The van der Waals surface area contributed by atoms with Crippen LogP contribution in [-0.4, -0.2) is 42.3 Å². The third-order valence-electron chi connectivity index (χ3n) is 5.95. The summed E-state index contributed by atoms with van der Waals surface area (Å²) in [6, 6.07) is 23.0. The van der Waals surface area contributed by atoms with Crippen molar-refractivity contribution in [1.29, 1.82) is 0 Å². The van der Waals surface area contributed by atoms with Gasteiger partial charge in [-0.2, -0.15) is 0 Å². The van der Waals surface area contributed by atoms with Crippen LogP contribution in [0.15, 0.2) is 78.9 Å². The lowest BCUT2D eigenvalue weighted by atomic mass is 10.0. The average molecular weight is 443 g/mol. The Morgan fingerprint density at radius 2 is 1.64 bits per heavy atom. The molecule has 1 atom stereocenters. The lowest BCUT2D eigenvalue weighted by Gasteiger charge is -2.28. The predicted octanol–water partition coefficient (Wildman–Crippen LogP) is 4.02. The van der Waals surface area contributed by atoms with Gasteiger partial charge in [0.05, 0.1) is 19.2 Å². The van der Waals surface area contributed by atoms with Crippen molar-refractivity contribution in [3.8, 4) is 5.75 Å². The quantitative estimate of drug-likeness (QED) is 0.519.